The molecule has 3 nitrogen and oxygen atoms in total. The van der Waals surface area contributed by atoms with Gasteiger partial charge in [-0.2, -0.15) is 0 Å². The number of hydrogen-bond acceptors (Lipinski definition) is 2. The molecule has 0 saturated carbocycles. The minimum absolute atomic E-state index is 0.186. The number of hydrogen-bond donors (Lipinski definition) is 1. The number of unbranched alkanes of at least 4 members (excludes halogenated alkanes) is 2. The third kappa shape index (κ3) is 6.27. The second-order valence-corrected chi connectivity index (χ2v) is 5.88. The topological polar surface area (TPSA) is 46.5 Å². The van der Waals surface area contributed by atoms with Crippen molar-refractivity contribution in [2.45, 2.75) is 51.9 Å². The van der Waals surface area contributed by atoms with Crippen molar-refractivity contribution in [3.05, 3.63) is 35.4 Å². The lowest BCUT2D eigenvalue weighted by molar-refractivity contribution is 0.0900. The van der Waals surface area contributed by atoms with E-state index in [4.69, 9.17) is 5.11 Å². The maximum absolute atomic E-state index is 10.2. The van der Waals surface area contributed by atoms with Gasteiger partial charge in [0.1, 0.15) is 0 Å². The van der Waals surface area contributed by atoms with E-state index in [1.54, 1.807) is 0 Å². The van der Waals surface area contributed by atoms with Gasteiger partial charge < -0.3 is 9.84 Å². The van der Waals surface area contributed by atoms with Gasteiger partial charge in [-0.25, -0.2) is 4.79 Å². The van der Waals surface area contributed by atoms with E-state index in [1.807, 2.05) is 0 Å². The van der Waals surface area contributed by atoms with Crippen molar-refractivity contribution >= 4 is 6.16 Å². The Balaban J connectivity index is 2.32. The molecule has 0 fully saturated rings. The first-order chi connectivity index (χ1) is 8.89. The van der Waals surface area contributed by atoms with Crippen molar-refractivity contribution in [2.75, 3.05) is 6.61 Å². The Morgan fingerprint density at radius 2 is 1.95 bits per heavy atom. The molecule has 1 N–H and O–H groups in total. The van der Waals surface area contributed by atoms with E-state index in [2.05, 4.69) is 49.8 Å². The van der Waals surface area contributed by atoms with Crippen molar-refractivity contribution < 1.29 is 14.6 Å². The zero-order chi connectivity index (χ0) is 14.3. The van der Waals surface area contributed by atoms with E-state index >= 15 is 0 Å². The second-order valence-electron chi connectivity index (χ2n) is 5.88. The number of benzene rings is 1. The van der Waals surface area contributed by atoms with E-state index in [0.717, 1.165) is 25.7 Å². The molecule has 1 rings (SSSR count). The monoisotopic (exact) mass is 264 g/mol. The molecule has 0 aliphatic heterocycles. The smallest absolute Gasteiger partial charge is 0.450 e. The van der Waals surface area contributed by atoms with Gasteiger partial charge in [-0.1, -0.05) is 45.0 Å². The first-order valence-electron chi connectivity index (χ1n) is 6.85. The van der Waals surface area contributed by atoms with Crippen LogP contribution >= 0.6 is 0 Å². The number of aryl methyl sites for hydroxylation is 1. The van der Waals surface area contributed by atoms with Gasteiger partial charge in [-0.3, -0.25) is 0 Å². The maximum Gasteiger partial charge on any atom is 0.505 e. The van der Waals surface area contributed by atoms with Crippen molar-refractivity contribution in [2.24, 2.45) is 0 Å². The van der Waals surface area contributed by atoms with Gasteiger partial charge in [0.2, 0.25) is 0 Å². The largest absolute Gasteiger partial charge is 0.505 e. The zero-order valence-electron chi connectivity index (χ0n) is 12.1. The average molecular weight is 264 g/mol. The van der Waals surface area contributed by atoms with Gasteiger partial charge in [0.25, 0.3) is 0 Å². The molecule has 0 unspecified atom stereocenters. The van der Waals surface area contributed by atoms with Crippen LogP contribution in [-0.2, 0) is 16.6 Å². The lowest BCUT2D eigenvalue weighted by Crippen LogP contribution is -2.11. The molecule has 0 bridgehead atoms. The molecule has 0 atom stereocenters. The molecule has 1 aromatic rings. The second kappa shape index (κ2) is 7.17. The van der Waals surface area contributed by atoms with Crippen LogP contribution < -0.4 is 0 Å². The van der Waals surface area contributed by atoms with E-state index < -0.39 is 6.16 Å². The van der Waals surface area contributed by atoms with Crippen molar-refractivity contribution in [1.82, 2.24) is 0 Å². The fourth-order valence-electron chi connectivity index (χ4n) is 1.96. The molecule has 3 heteroatoms. The highest BCUT2D eigenvalue weighted by Gasteiger charge is 2.13. The Kier molecular flexibility index (Phi) is 5.87. The van der Waals surface area contributed by atoms with Crippen LogP contribution in [0.4, 0.5) is 4.79 Å². The summed E-state index contributed by atoms with van der Waals surface area (Å²) in [5, 5.41) is 8.33. The Labute approximate surface area is 115 Å². The number of carboxylic acid groups (broad SMARTS) is 1. The molecule has 1 aromatic carbocycles. The Morgan fingerprint density at radius 3 is 2.58 bits per heavy atom. The van der Waals surface area contributed by atoms with Crippen LogP contribution in [0.25, 0.3) is 0 Å². The molecule has 0 heterocycles. The summed E-state index contributed by atoms with van der Waals surface area (Å²) in [6, 6.07) is 8.71. The molecule has 0 saturated heterocycles. The zero-order valence-corrected chi connectivity index (χ0v) is 12.1. The van der Waals surface area contributed by atoms with Crippen LogP contribution in [0.15, 0.2) is 24.3 Å². The Bertz CT molecular complexity index is 405. The highest BCUT2D eigenvalue weighted by molar-refractivity contribution is 5.56. The third-order valence-corrected chi connectivity index (χ3v) is 3.13. The molecule has 106 valence electrons. The van der Waals surface area contributed by atoms with E-state index in [9.17, 15) is 4.79 Å². The van der Waals surface area contributed by atoms with Crippen LogP contribution in [0.3, 0.4) is 0 Å². The van der Waals surface area contributed by atoms with Gasteiger partial charge in [0, 0.05) is 0 Å². The van der Waals surface area contributed by atoms with E-state index in [0.29, 0.717) is 6.61 Å². The van der Waals surface area contributed by atoms with Crippen molar-refractivity contribution in [3.8, 4) is 0 Å². The summed E-state index contributed by atoms with van der Waals surface area (Å²) in [6.07, 6.45) is 2.71. The summed E-state index contributed by atoms with van der Waals surface area (Å²) >= 11 is 0. The molecule has 0 radical (unpaired) electrons. The molecule has 0 aliphatic rings. The van der Waals surface area contributed by atoms with Gasteiger partial charge in [-0.05, 0) is 42.2 Å². The number of ether oxygens (including phenoxy) is 1. The summed E-state index contributed by atoms with van der Waals surface area (Å²) < 4.78 is 4.47. The fraction of sp³-hybridized carbons (Fsp3) is 0.562. The van der Waals surface area contributed by atoms with Crippen LogP contribution in [0.2, 0.25) is 0 Å². The lowest BCUT2D eigenvalue weighted by Gasteiger charge is -2.19. The van der Waals surface area contributed by atoms with Gasteiger partial charge in [-0.15, -0.1) is 0 Å². The van der Waals surface area contributed by atoms with Crippen LogP contribution in [0.1, 0.15) is 51.2 Å². The van der Waals surface area contributed by atoms with Gasteiger partial charge in [0.05, 0.1) is 6.61 Å². The summed E-state index contributed by atoms with van der Waals surface area (Å²) in [4.78, 5) is 10.2. The summed E-state index contributed by atoms with van der Waals surface area (Å²) in [5.41, 5.74) is 2.90. The molecular formula is C16H24O3. The third-order valence-electron chi connectivity index (χ3n) is 3.13. The quantitative estimate of drug-likeness (QED) is 0.612. The summed E-state index contributed by atoms with van der Waals surface area (Å²) in [5.74, 6) is 0. The Morgan fingerprint density at radius 1 is 1.21 bits per heavy atom. The average Bonchev–Trinajstić information content (AvgIpc) is 2.32. The normalized spacial score (nSPS) is 11.3. The van der Waals surface area contributed by atoms with Crippen LogP contribution in [-0.4, -0.2) is 17.9 Å². The van der Waals surface area contributed by atoms with Gasteiger partial charge >= 0.3 is 6.16 Å². The number of rotatable bonds is 6. The summed E-state index contributed by atoms with van der Waals surface area (Å²) in [7, 11) is 0. The minimum atomic E-state index is -1.18. The molecular weight excluding hydrogens is 240 g/mol. The molecule has 0 aromatic heterocycles. The maximum atomic E-state index is 10.2. The van der Waals surface area contributed by atoms with Crippen LogP contribution in [0, 0.1) is 0 Å². The van der Waals surface area contributed by atoms with Crippen LogP contribution in [0.5, 0.6) is 0 Å². The SMILES string of the molecule is CC(C)(C)c1cccc(CCCCCOC(=O)O)c1. The first-order valence-corrected chi connectivity index (χ1v) is 6.85. The summed E-state index contributed by atoms with van der Waals surface area (Å²) in [6.45, 7) is 6.96. The fourth-order valence-corrected chi connectivity index (χ4v) is 1.96. The van der Waals surface area contributed by atoms with Crippen molar-refractivity contribution in [3.63, 3.8) is 0 Å². The molecule has 0 amide bonds. The highest BCUT2D eigenvalue weighted by Crippen LogP contribution is 2.23. The predicted octanol–water partition coefficient (Wildman–Crippen LogP) is 4.39. The Hall–Kier alpha value is -1.51. The highest BCUT2D eigenvalue weighted by atomic mass is 16.7. The first kappa shape index (κ1) is 15.5. The minimum Gasteiger partial charge on any atom is -0.450 e. The molecule has 0 spiro atoms. The lowest BCUT2D eigenvalue weighted by atomic mass is 9.86. The van der Waals surface area contributed by atoms with E-state index in [1.165, 1.54) is 11.1 Å². The van der Waals surface area contributed by atoms with E-state index in [-0.39, 0.29) is 5.41 Å². The van der Waals surface area contributed by atoms with Gasteiger partial charge in [0.15, 0.2) is 0 Å². The predicted molar refractivity (Wildman–Crippen MR) is 76.7 cm³/mol. The number of carbonyl (C=O) groups is 1. The molecule has 19 heavy (non-hydrogen) atoms. The van der Waals surface area contributed by atoms with Crippen molar-refractivity contribution in [1.29, 1.82) is 0 Å². The standard InChI is InChI=1S/C16H24O3/c1-16(2,3)14-10-7-9-13(12-14)8-5-4-6-11-19-15(17)18/h7,9-10,12H,4-6,8,11H2,1-3H3,(H,17,18). The molecule has 0 aliphatic carbocycles.